The van der Waals surface area contributed by atoms with Crippen molar-refractivity contribution >= 4 is 11.6 Å². The molecule has 0 fully saturated rings. The summed E-state index contributed by atoms with van der Waals surface area (Å²) in [7, 11) is 1.83. The number of benzene rings is 2. The number of aryl methyl sites for hydroxylation is 2. The molecule has 2 aromatic carbocycles. The fourth-order valence-corrected chi connectivity index (χ4v) is 3.45. The fraction of sp³-hybridized carbons (Fsp3) is 0.238. The number of hydrogen-bond acceptors (Lipinski definition) is 2. The molecule has 4 rings (SSSR count). The smallest absolute Gasteiger partial charge is 0.227 e. The Balaban J connectivity index is 1.65. The van der Waals surface area contributed by atoms with E-state index in [1.807, 2.05) is 43.6 Å². The monoisotopic (exact) mass is 349 g/mol. The lowest BCUT2D eigenvalue weighted by molar-refractivity contribution is -0.118. The highest BCUT2D eigenvalue weighted by Gasteiger charge is 2.23. The predicted octanol–water partition coefficient (Wildman–Crippen LogP) is 4.10. The lowest BCUT2D eigenvalue weighted by Crippen LogP contribution is -2.30. The standard InChI is InChI=1S/C21H20FN3O/c1-24-13-18(12-23-24)16-9-10-17(19(22)11-16)14-25-20-7-3-2-5-15(20)6-4-8-21(25)26/h2-3,5,7,9-13H,4,6,8,14H2,1H3. The van der Waals surface area contributed by atoms with Crippen molar-refractivity contribution in [3.05, 3.63) is 71.8 Å². The Morgan fingerprint density at radius 2 is 1.96 bits per heavy atom. The van der Waals surface area contributed by atoms with E-state index in [1.54, 1.807) is 21.8 Å². The van der Waals surface area contributed by atoms with Gasteiger partial charge in [-0.1, -0.05) is 30.3 Å². The molecular weight excluding hydrogens is 329 g/mol. The first kappa shape index (κ1) is 16.5. The van der Waals surface area contributed by atoms with E-state index in [-0.39, 0.29) is 18.3 Å². The third-order valence-corrected chi connectivity index (χ3v) is 4.84. The first-order valence-electron chi connectivity index (χ1n) is 8.77. The lowest BCUT2D eigenvalue weighted by Gasteiger charge is -2.23. The van der Waals surface area contributed by atoms with E-state index in [4.69, 9.17) is 0 Å². The molecule has 2 heterocycles. The Bertz CT molecular complexity index is 963. The largest absolute Gasteiger partial charge is 0.308 e. The van der Waals surface area contributed by atoms with E-state index in [9.17, 15) is 9.18 Å². The number of carbonyl (C=O) groups excluding carboxylic acids is 1. The molecule has 3 aromatic rings. The zero-order valence-electron chi connectivity index (χ0n) is 14.7. The summed E-state index contributed by atoms with van der Waals surface area (Å²) < 4.78 is 16.4. The number of amides is 1. The van der Waals surface area contributed by atoms with Gasteiger partial charge in [0.2, 0.25) is 5.91 Å². The maximum atomic E-state index is 14.7. The van der Waals surface area contributed by atoms with Crippen LogP contribution in [-0.4, -0.2) is 15.7 Å². The molecule has 1 aliphatic heterocycles. The minimum absolute atomic E-state index is 0.0469. The number of halogens is 1. The van der Waals surface area contributed by atoms with Crippen LogP contribution in [0.5, 0.6) is 0 Å². The molecule has 0 saturated carbocycles. The SMILES string of the molecule is Cn1cc(-c2ccc(CN3C(=O)CCCc4ccccc43)c(F)c2)cn1. The average molecular weight is 349 g/mol. The quantitative estimate of drug-likeness (QED) is 0.714. The van der Waals surface area contributed by atoms with Crippen LogP contribution in [-0.2, 0) is 24.8 Å². The Morgan fingerprint density at radius 1 is 1.12 bits per heavy atom. The van der Waals surface area contributed by atoms with Gasteiger partial charge in [0.25, 0.3) is 0 Å². The minimum Gasteiger partial charge on any atom is -0.308 e. The van der Waals surface area contributed by atoms with Crippen molar-refractivity contribution in [1.82, 2.24) is 9.78 Å². The highest BCUT2D eigenvalue weighted by Crippen LogP contribution is 2.29. The van der Waals surface area contributed by atoms with Crippen molar-refractivity contribution in [2.24, 2.45) is 7.05 Å². The number of aromatic nitrogens is 2. The molecular formula is C21H20FN3O. The maximum absolute atomic E-state index is 14.7. The van der Waals surface area contributed by atoms with Gasteiger partial charge in [0.1, 0.15) is 5.82 Å². The van der Waals surface area contributed by atoms with Gasteiger partial charge >= 0.3 is 0 Å². The molecule has 0 radical (unpaired) electrons. The summed E-state index contributed by atoms with van der Waals surface area (Å²) in [5.41, 5.74) is 4.20. The van der Waals surface area contributed by atoms with E-state index >= 15 is 0 Å². The second-order valence-electron chi connectivity index (χ2n) is 6.67. The summed E-state index contributed by atoms with van der Waals surface area (Å²) in [6.45, 7) is 0.245. The van der Waals surface area contributed by atoms with E-state index in [1.165, 1.54) is 6.07 Å². The number of para-hydroxylation sites is 1. The van der Waals surface area contributed by atoms with E-state index < -0.39 is 0 Å². The van der Waals surface area contributed by atoms with E-state index in [0.717, 1.165) is 35.2 Å². The molecule has 0 spiro atoms. The van der Waals surface area contributed by atoms with Gasteiger partial charge in [-0.25, -0.2) is 4.39 Å². The Labute approximate surface area is 151 Å². The highest BCUT2D eigenvalue weighted by atomic mass is 19.1. The number of rotatable bonds is 3. The normalized spacial score (nSPS) is 14.2. The van der Waals surface area contributed by atoms with Crippen LogP contribution in [0.1, 0.15) is 24.0 Å². The minimum atomic E-state index is -0.305. The van der Waals surface area contributed by atoms with Gasteiger partial charge in [-0.15, -0.1) is 0 Å². The zero-order valence-corrected chi connectivity index (χ0v) is 14.7. The van der Waals surface area contributed by atoms with Gasteiger partial charge in [-0.2, -0.15) is 5.10 Å². The average Bonchev–Trinajstić information content (AvgIpc) is 3.01. The second kappa shape index (κ2) is 6.75. The van der Waals surface area contributed by atoms with Gasteiger partial charge in [-0.3, -0.25) is 9.48 Å². The van der Waals surface area contributed by atoms with Crippen LogP contribution >= 0.6 is 0 Å². The number of hydrogen-bond donors (Lipinski definition) is 0. The zero-order chi connectivity index (χ0) is 18.1. The lowest BCUT2D eigenvalue weighted by atomic mass is 10.1. The molecule has 0 N–H and O–H groups in total. The first-order valence-corrected chi connectivity index (χ1v) is 8.77. The second-order valence-corrected chi connectivity index (χ2v) is 6.67. The summed E-state index contributed by atoms with van der Waals surface area (Å²) in [4.78, 5) is 14.3. The van der Waals surface area contributed by atoms with Gasteiger partial charge in [-0.05, 0) is 36.1 Å². The Morgan fingerprint density at radius 3 is 2.73 bits per heavy atom. The molecule has 5 heteroatoms. The van der Waals surface area contributed by atoms with Crippen LogP contribution in [0, 0.1) is 5.82 Å². The highest BCUT2D eigenvalue weighted by molar-refractivity contribution is 5.94. The van der Waals surface area contributed by atoms with E-state index in [0.29, 0.717) is 12.0 Å². The van der Waals surface area contributed by atoms with Crippen LogP contribution < -0.4 is 4.90 Å². The van der Waals surface area contributed by atoms with Crippen LogP contribution in [0.2, 0.25) is 0 Å². The Hall–Kier alpha value is -2.95. The summed E-state index contributed by atoms with van der Waals surface area (Å²) in [6, 6.07) is 13.0. The summed E-state index contributed by atoms with van der Waals surface area (Å²) in [5.74, 6) is -0.258. The fourth-order valence-electron chi connectivity index (χ4n) is 3.45. The van der Waals surface area contributed by atoms with Crippen molar-refractivity contribution in [1.29, 1.82) is 0 Å². The molecule has 1 amide bonds. The van der Waals surface area contributed by atoms with Crippen LogP contribution in [0.3, 0.4) is 0 Å². The molecule has 132 valence electrons. The molecule has 0 aliphatic carbocycles. The van der Waals surface area contributed by atoms with Gasteiger partial charge in [0, 0.05) is 36.5 Å². The van der Waals surface area contributed by atoms with E-state index in [2.05, 4.69) is 5.10 Å². The molecule has 4 nitrogen and oxygen atoms in total. The number of anilines is 1. The van der Waals surface area contributed by atoms with Crippen LogP contribution in [0.15, 0.2) is 54.9 Å². The molecule has 1 aromatic heterocycles. The number of fused-ring (bicyclic) bond motifs is 1. The number of nitrogens with zero attached hydrogens (tertiary/aromatic N) is 3. The third-order valence-electron chi connectivity index (χ3n) is 4.84. The molecule has 26 heavy (non-hydrogen) atoms. The molecule has 0 unspecified atom stereocenters. The van der Waals surface area contributed by atoms with Gasteiger partial charge in [0.15, 0.2) is 0 Å². The molecule has 1 aliphatic rings. The predicted molar refractivity (Wildman–Crippen MR) is 99.2 cm³/mol. The van der Waals surface area contributed by atoms with Crippen LogP contribution in [0.25, 0.3) is 11.1 Å². The van der Waals surface area contributed by atoms with Crippen LogP contribution in [0.4, 0.5) is 10.1 Å². The summed E-state index contributed by atoms with van der Waals surface area (Å²) >= 11 is 0. The van der Waals surface area contributed by atoms with Crippen molar-refractivity contribution in [3.63, 3.8) is 0 Å². The summed E-state index contributed by atoms with van der Waals surface area (Å²) in [6.07, 6.45) is 5.76. The Kier molecular flexibility index (Phi) is 4.29. The number of carbonyl (C=O) groups is 1. The van der Waals surface area contributed by atoms with Crippen molar-refractivity contribution < 1.29 is 9.18 Å². The molecule has 0 atom stereocenters. The third kappa shape index (κ3) is 3.12. The van der Waals surface area contributed by atoms with Crippen molar-refractivity contribution in [2.45, 2.75) is 25.8 Å². The summed E-state index contributed by atoms with van der Waals surface area (Å²) in [5, 5.41) is 4.13. The van der Waals surface area contributed by atoms with Gasteiger partial charge < -0.3 is 4.90 Å². The van der Waals surface area contributed by atoms with Gasteiger partial charge in [0.05, 0.1) is 12.7 Å². The molecule has 0 saturated heterocycles. The topological polar surface area (TPSA) is 38.1 Å². The van der Waals surface area contributed by atoms with Crippen molar-refractivity contribution in [3.8, 4) is 11.1 Å². The maximum Gasteiger partial charge on any atom is 0.227 e. The molecule has 0 bridgehead atoms. The van der Waals surface area contributed by atoms with Crippen molar-refractivity contribution in [2.75, 3.05) is 4.90 Å². The first-order chi connectivity index (χ1) is 12.6.